The second-order valence-electron chi connectivity index (χ2n) is 4.48. The Morgan fingerprint density at radius 2 is 1.94 bits per heavy atom. The molecule has 0 saturated heterocycles. The van der Waals surface area contributed by atoms with E-state index >= 15 is 0 Å². The van der Waals surface area contributed by atoms with E-state index in [2.05, 4.69) is 0 Å². The van der Waals surface area contributed by atoms with Crippen LogP contribution in [-0.2, 0) is 4.43 Å². The molecule has 0 fully saturated rings. The average Bonchev–Trinajstić information content (AvgIpc) is 2.13. The highest BCUT2D eigenvalue weighted by molar-refractivity contribution is 6.69. The van der Waals surface area contributed by atoms with Gasteiger partial charge in [0, 0.05) is 11.6 Å². The summed E-state index contributed by atoms with van der Waals surface area (Å²) in [5.41, 5.74) is 0.391. The zero-order valence-electron chi connectivity index (χ0n) is 9.56. The molecule has 2 N–H and O–H groups in total. The minimum atomic E-state index is -1.86. The molecule has 5 heteroatoms. The Morgan fingerprint density at radius 3 is 2.38 bits per heavy atom. The van der Waals surface area contributed by atoms with E-state index in [0.717, 1.165) is 0 Å². The summed E-state index contributed by atoms with van der Waals surface area (Å²) in [7, 11) is -1.86. The predicted octanol–water partition coefficient (Wildman–Crippen LogP) is 2.51. The first-order chi connectivity index (χ1) is 7.33. The van der Waals surface area contributed by atoms with Gasteiger partial charge in [-0.3, -0.25) is 0 Å². The molecule has 16 heavy (non-hydrogen) atoms. The van der Waals surface area contributed by atoms with E-state index in [-0.39, 0.29) is 11.5 Å². The van der Waals surface area contributed by atoms with E-state index in [0.29, 0.717) is 5.56 Å². The third kappa shape index (κ3) is 3.26. The molecule has 0 bridgehead atoms. The molecule has 0 aliphatic rings. The Balaban J connectivity index is 3.01. The fraction of sp³-hybridized carbons (Fsp3) is 0.364. The van der Waals surface area contributed by atoms with Crippen molar-refractivity contribution in [3.63, 3.8) is 0 Å². The van der Waals surface area contributed by atoms with Gasteiger partial charge in [0.25, 0.3) is 0 Å². The van der Waals surface area contributed by atoms with Crippen LogP contribution >= 0.6 is 0 Å². The van der Waals surface area contributed by atoms with Gasteiger partial charge in [-0.1, -0.05) is 0 Å². The van der Waals surface area contributed by atoms with Crippen molar-refractivity contribution in [2.75, 3.05) is 0 Å². The molecule has 0 heterocycles. The molecule has 0 amide bonds. The quantitative estimate of drug-likeness (QED) is 0.792. The first-order valence-electron chi connectivity index (χ1n) is 4.93. The van der Waals surface area contributed by atoms with Crippen LogP contribution in [0.1, 0.15) is 11.7 Å². The van der Waals surface area contributed by atoms with Crippen LogP contribution in [0.15, 0.2) is 18.2 Å². The van der Waals surface area contributed by atoms with Crippen LogP contribution in [-0.4, -0.2) is 18.5 Å². The zero-order chi connectivity index (χ0) is 12.3. The van der Waals surface area contributed by atoms with E-state index in [9.17, 15) is 5.11 Å². The first kappa shape index (κ1) is 12.6. The molecular weight excluding hydrogens is 222 g/mol. The minimum Gasteiger partial charge on any atom is -0.508 e. The number of rotatable bonds is 3. The zero-order valence-corrected chi connectivity index (χ0v) is 10.6. The summed E-state index contributed by atoms with van der Waals surface area (Å²) in [6, 6.07) is 6.13. The van der Waals surface area contributed by atoms with E-state index in [1.165, 1.54) is 18.2 Å². The van der Waals surface area contributed by atoms with Crippen molar-refractivity contribution in [1.29, 1.82) is 5.26 Å². The largest absolute Gasteiger partial charge is 0.508 e. The maximum absolute atomic E-state index is 9.61. The molecule has 0 saturated carbocycles. The lowest BCUT2D eigenvalue weighted by Crippen LogP contribution is -2.27. The number of nitrogens with zero attached hydrogens (tertiary/aromatic N) is 1. The lowest BCUT2D eigenvalue weighted by Gasteiger charge is -2.22. The van der Waals surface area contributed by atoms with Gasteiger partial charge in [0.1, 0.15) is 11.5 Å². The normalized spacial score (nSPS) is 13.1. The van der Waals surface area contributed by atoms with E-state index in [4.69, 9.17) is 14.8 Å². The van der Waals surface area contributed by atoms with Gasteiger partial charge < -0.3 is 14.6 Å². The van der Waals surface area contributed by atoms with Crippen LogP contribution in [0.2, 0.25) is 19.6 Å². The van der Waals surface area contributed by atoms with Crippen molar-refractivity contribution in [2.45, 2.75) is 25.7 Å². The van der Waals surface area contributed by atoms with Gasteiger partial charge in [-0.05, 0) is 31.8 Å². The van der Waals surface area contributed by atoms with Gasteiger partial charge in [0.15, 0.2) is 14.4 Å². The molecule has 0 spiro atoms. The van der Waals surface area contributed by atoms with Crippen molar-refractivity contribution in [2.24, 2.45) is 0 Å². The van der Waals surface area contributed by atoms with Crippen LogP contribution in [0.5, 0.6) is 11.5 Å². The number of benzene rings is 1. The Morgan fingerprint density at radius 1 is 1.31 bits per heavy atom. The highest BCUT2D eigenvalue weighted by Crippen LogP contribution is 2.31. The average molecular weight is 237 g/mol. The molecule has 4 nitrogen and oxygen atoms in total. The smallest absolute Gasteiger partial charge is 0.186 e. The van der Waals surface area contributed by atoms with E-state index in [1.54, 1.807) is 0 Å². The van der Waals surface area contributed by atoms with Gasteiger partial charge in [0.05, 0.1) is 6.07 Å². The molecule has 1 aromatic carbocycles. The fourth-order valence-electron chi connectivity index (χ4n) is 1.27. The lowest BCUT2D eigenvalue weighted by molar-refractivity contribution is 0.249. The number of nitriles is 1. The van der Waals surface area contributed by atoms with Gasteiger partial charge in [0.2, 0.25) is 0 Å². The second kappa shape index (κ2) is 4.55. The Labute approximate surface area is 95.9 Å². The molecule has 0 aliphatic heterocycles. The molecule has 1 rings (SSSR count). The van der Waals surface area contributed by atoms with Gasteiger partial charge in [-0.25, -0.2) is 0 Å². The van der Waals surface area contributed by atoms with Crippen molar-refractivity contribution in [3.05, 3.63) is 23.8 Å². The maximum atomic E-state index is 9.61. The van der Waals surface area contributed by atoms with Crippen LogP contribution in [0.3, 0.4) is 0 Å². The molecule has 86 valence electrons. The Hall–Kier alpha value is -1.51. The van der Waals surface area contributed by atoms with E-state index in [1.807, 2.05) is 25.7 Å². The molecule has 0 aliphatic carbocycles. The summed E-state index contributed by atoms with van der Waals surface area (Å²) < 4.78 is 5.63. The van der Waals surface area contributed by atoms with Crippen molar-refractivity contribution in [3.8, 4) is 17.6 Å². The second-order valence-corrected chi connectivity index (χ2v) is 8.94. The highest BCUT2D eigenvalue weighted by atomic mass is 28.4. The predicted molar refractivity (Wildman–Crippen MR) is 62.6 cm³/mol. The van der Waals surface area contributed by atoms with Crippen molar-refractivity contribution in [1.82, 2.24) is 0 Å². The van der Waals surface area contributed by atoms with Crippen LogP contribution in [0.25, 0.3) is 0 Å². The molecule has 0 radical (unpaired) electrons. The highest BCUT2D eigenvalue weighted by Gasteiger charge is 2.24. The summed E-state index contributed by atoms with van der Waals surface area (Å²) in [4.78, 5) is 0. The monoisotopic (exact) mass is 237 g/mol. The number of hydrogen-bond donors (Lipinski definition) is 2. The summed E-state index contributed by atoms with van der Waals surface area (Å²) in [5, 5.41) is 27.8. The van der Waals surface area contributed by atoms with Gasteiger partial charge in [-0.15, -0.1) is 0 Å². The van der Waals surface area contributed by atoms with Crippen molar-refractivity contribution >= 4 is 8.32 Å². The number of aromatic hydroxyl groups is 2. The molecule has 1 unspecified atom stereocenters. The van der Waals surface area contributed by atoms with Gasteiger partial charge in [-0.2, -0.15) is 5.26 Å². The lowest BCUT2D eigenvalue weighted by atomic mass is 10.1. The third-order valence-electron chi connectivity index (χ3n) is 1.89. The number of phenols is 2. The third-order valence-corrected chi connectivity index (χ3v) is 2.83. The standard InChI is InChI=1S/C11H15NO3Si/c1-16(2,3)15-11(7-12)9-5-4-8(13)6-10(9)14/h4-6,11,13-14H,1-3H3. The van der Waals surface area contributed by atoms with Crippen molar-refractivity contribution < 1.29 is 14.6 Å². The fourth-order valence-corrected chi connectivity index (χ4v) is 2.15. The topological polar surface area (TPSA) is 73.5 Å². The summed E-state index contributed by atoms with van der Waals surface area (Å²) >= 11 is 0. The molecular formula is C11H15NO3Si. The summed E-state index contributed by atoms with van der Waals surface area (Å²) in [5.74, 6) is -0.157. The van der Waals surface area contributed by atoms with E-state index < -0.39 is 14.4 Å². The summed E-state index contributed by atoms with van der Waals surface area (Å²) in [6.45, 7) is 5.90. The molecule has 1 aromatic rings. The Bertz CT molecular complexity index is 420. The summed E-state index contributed by atoms with van der Waals surface area (Å²) in [6.07, 6.45) is -0.785. The van der Waals surface area contributed by atoms with Crippen LogP contribution in [0, 0.1) is 11.3 Å². The molecule has 0 aromatic heterocycles. The number of phenolic OH excluding ortho intramolecular Hbond substituents is 2. The maximum Gasteiger partial charge on any atom is 0.186 e. The SMILES string of the molecule is C[Si](C)(C)OC(C#N)c1ccc(O)cc1O. The number of hydrogen-bond acceptors (Lipinski definition) is 4. The Kier molecular flexibility index (Phi) is 3.57. The first-order valence-corrected chi connectivity index (χ1v) is 8.33. The van der Waals surface area contributed by atoms with Gasteiger partial charge >= 0.3 is 0 Å². The minimum absolute atomic E-state index is 0.0362. The van der Waals surface area contributed by atoms with Crippen LogP contribution < -0.4 is 0 Å². The molecule has 1 atom stereocenters. The van der Waals surface area contributed by atoms with Crippen LogP contribution in [0.4, 0.5) is 0 Å².